The summed E-state index contributed by atoms with van der Waals surface area (Å²) in [6.45, 7) is 12.0. The molecule has 34 heavy (non-hydrogen) atoms. The van der Waals surface area contributed by atoms with Gasteiger partial charge in [0, 0.05) is 13.7 Å². The van der Waals surface area contributed by atoms with Crippen LogP contribution in [0.25, 0.3) is 0 Å². The normalized spacial score (nSPS) is 13.0. The maximum Gasteiger partial charge on any atom is 0.445 e. The topological polar surface area (TPSA) is 54.0 Å². The number of benzene rings is 2. The van der Waals surface area contributed by atoms with Crippen molar-refractivity contribution < 1.29 is 23.1 Å². The summed E-state index contributed by atoms with van der Waals surface area (Å²) in [6.07, 6.45) is 2.16. The van der Waals surface area contributed by atoms with Crippen molar-refractivity contribution in [2.24, 2.45) is 0 Å². The second-order valence-electron chi connectivity index (χ2n) is 9.82. The molecule has 186 valence electrons. The molecule has 2 aromatic carbocycles. The average Bonchev–Trinajstić information content (AvgIpc) is 2.78. The first-order valence-corrected chi connectivity index (χ1v) is 16.4. The van der Waals surface area contributed by atoms with E-state index in [1.54, 1.807) is 31.4 Å². The van der Waals surface area contributed by atoms with Gasteiger partial charge in [-0.2, -0.15) is 0 Å². The largest absolute Gasteiger partial charge is 0.445 e. The van der Waals surface area contributed by atoms with Gasteiger partial charge in [0.1, 0.15) is 32.0 Å². The van der Waals surface area contributed by atoms with Gasteiger partial charge in [-0.25, -0.2) is 4.57 Å². The predicted octanol–water partition coefficient (Wildman–Crippen LogP) is 7.55. The van der Waals surface area contributed by atoms with Gasteiger partial charge in [-0.3, -0.25) is 0 Å². The van der Waals surface area contributed by atoms with Crippen molar-refractivity contribution in [1.29, 1.82) is 0 Å². The quantitative estimate of drug-likeness (QED) is 0.0986. The molecule has 0 aliphatic heterocycles. The van der Waals surface area contributed by atoms with Gasteiger partial charge in [0.2, 0.25) is 0 Å². The molecular weight excluding hydrogens is 463 g/mol. The first-order chi connectivity index (χ1) is 16.1. The Bertz CT molecular complexity index is 916. The third-order valence-electron chi connectivity index (χ3n) is 5.98. The Morgan fingerprint density at radius 1 is 0.912 bits per heavy atom. The molecule has 0 heterocycles. The van der Waals surface area contributed by atoms with E-state index in [2.05, 4.69) is 45.3 Å². The fourth-order valence-electron chi connectivity index (χ4n) is 2.85. The highest BCUT2D eigenvalue weighted by Gasteiger charge is 2.39. The lowest BCUT2D eigenvalue weighted by Crippen LogP contribution is -2.36. The van der Waals surface area contributed by atoms with Crippen LogP contribution in [-0.4, -0.2) is 34.2 Å². The Labute approximate surface area is 206 Å². The summed E-state index contributed by atoms with van der Waals surface area (Å²) < 4.78 is 37.0. The molecule has 0 aromatic heterocycles. The molecule has 0 amide bonds. The van der Waals surface area contributed by atoms with Crippen molar-refractivity contribution in [1.82, 2.24) is 0 Å². The molecule has 0 N–H and O–H groups in total. The number of para-hydroxylation sites is 2. The van der Waals surface area contributed by atoms with Crippen molar-refractivity contribution in [3.63, 3.8) is 0 Å². The molecule has 0 aliphatic rings. The van der Waals surface area contributed by atoms with Gasteiger partial charge >= 0.3 is 7.60 Å². The smallest absolute Gasteiger partial charge is 0.415 e. The van der Waals surface area contributed by atoms with Crippen molar-refractivity contribution in [2.45, 2.75) is 63.8 Å². The van der Waals surface area contributed by atoms with Gasteiger partial charge < -0.3 is 18.5 Å². The van der Waals surface area contributed by atoms with Crippen LogP contribution in [0.15, 0.2) is 60.7 Å². The van der Waals surface area contributed by atoms with Gasteiger partial charge in [0.05, 0.1) is 0 Å². The second-order valence-corrected chi connectivity index (χ2v) is 16.9. The van der Waals surface area contributed by atoms with Crippen LogP contribution >= 0.6 is 7.60 Å². The molecular formula is C27H39O5PSi. The minimum Gasteiger partial charge on any atom is -0.415 e. The number of hydrogen-bond acceptors (Lipinski definition) is 5. The highest BCUT2D eigenvalue weighted by molar-refractivity contribution is 7.55. The second kappa shape index (κ2) is 13.2. The van der Waals surface area contributed by atoms with E-state index in [1.807, 2.05) is 36.4 Å². The minimum atomic E-state index is -3.69. The first-order valence-electron chi connectivity index (χ1n) is 11.8. The average molecular weight is 503 g/mol. The summed E-state index contributed by atoms with van der Waals surface area (Å²) >= 11 is 0. The summed E-state index contributed by atoms with van der Waals surface area (Å²) in [6, 6.07) is 18.4. The van der Waals surface area contributed by atoms with Crippen molar-refractivity contribution in [3.8, 4) is 23.0 Å². The summed E-state index contributed by atoms with van der Waals surface area (Å²) in [7, 11) is -4.02. The van der Waals surface area contributed by atoms with E-state index in [1.165, 1.54) is 0 Å². The van der Waals surface area contributed by atoms with E-state index in [0.717, 1.165) is 12.8 Å². The maximum absolute atomic E-state index is 14.4. The van der Waals surface area contributed by atoms with Gasteiger partial charge in [-0.1, -0.05) is 76.2 Å². The van der Waals surface area contributed by atoms with Crippen molar-refractivity contribution in [2.75, 3.05) is 20.5 Å². The summed E-state index contributed by atoms with van der Waals surface area (Å²) in [5.41, 5.74) is 2.98. The fraction of sp³-hybridized carbons (Fsp3) is 0.481. The molecule has 1 atom stereocenters. The van der Waals surface area contributed by atoms with E-state index in [-0.39, 0.29) is 11.8 Å². The molecule has 0 radical (unpaired) electrons. The molecule has 0 spiro atoms. The zero-order valence-corrected chi connectivity index (χ0v) is 23.3. The molecule has 1 unspecified atom stereocenters. The SMILES string of the molecule is COCOCCCCC(C#C[Si](C)(C)C(C)(C)C)P(=O)(Oc1ccccc1)Oc1ccccc1. The molecule has 0 fully saturated rings. The molecule has 7 heteroatoms. The fourth-order valence-corrected chi connectivity index (χ4v) is 5.72. The van der Waals surface area contributed by atoms with Crippen LogP contribution < -0.4 is 9.05 Å². The molecule has 2 aromatic rings. The molecule has 0 saturated heterocycles. The minimum absolute atomic E-state index is 0.0864. The molecule has 0 bridgehead atoms. The number of hydrogen-bond donors (Lipinski definition) is 0. The summed E-state index contributed by atoms with van der Waals surface area (Å²) in [5.74, 6) is 4.39. The van der Waals surface area contributed by atoms with Gasteiger partial charge in [-0.15, -0.1) is 5.54 Å². The number of ether oxygens (including phenoxy) is 2. The Balaban J connectivity index is 2.38. The molecule has 0 aliphatic carbocycles. The number of rotatable bonds is 12. The van der Waals surface area contributed by atoms with E-state index in [4.69, 9.17) is 18.5 Å². The zero-order valence-electron chi connectivity index (χ0n) is 21.4. The standard InChI is InChI=1S/C27H39O5PSi/c1-27(2,3)34(5,6)22-20-26(19-13-14-21-30-23-29-4)33(28,31-24-15-9-7-10-16-24)32-25-17-11-8-12-18-25/h7-12,15-18,26H,13-14,19,21,23H2,1-6H3. The van der Waals surface area contributed by atoms with E-state index in [9.17, 15) is 4.57 Å². The lowest BCUT2D eigenvalue weighted by molar-refractivity contribution is -0.0315. The number of unbranched alkanes of at least 4 members (excludes halogenated alkanes) is 1. The van der Waals surface area contributed by atoms with Crippen LogP contribution in [-0.2, 0) is 14.0 Å². The molecule has 2 rings (SSSR count). The van der Waals surface area contributed by atoms with E-state index < -0.39 is 21.3 Å². The van der Waals surface area contributed by atoms with Crippen LogP contribution in [0, 0.1) is 11.5 Å². The van der Waals surface area contributed by atoms with Crippen molar-refractivity contribution >= 4 is 15.7 Å². The highest BCUT2D eigenvalue weighted by Crippen LogP contribution is 2.54. The van der Waals surface area contributed by atoms with Crippen LogP contribution in [0.2, 0.25) is 18.1 Å². The lowest BCUT2D eigenvalue weighted by atomic mass is 10.2. The van der Waals surface area contributed by atoms with Gasteiger partial charge in [0.15, 0.2) is 0 Å². The highest BCUT2D eigenvalue weighted by atomic mass is 31.2. The monoisotopic (exact) mass is 502 g/mol. The zero-order chi connectivity index (χ0) is 25.1. The summed E-state index contributed by atoms with van der Waals surface area (Å²) in [5, 5.41) is 0.0864. The third kappa shape index (κ3) is 8.96. The van der Waals surface area contributed by atoms with Crippen LogP contribution in [0.3, 0.4) is 0 Å². The van der Waals surface area contributed by atoms with E-state index >= 15 is 0 Å². The Morgan fingerprint density at radius 3 is 1.91 bits per heavy atom. The summed E-state index contributed by atoms with van der Waals surface area (Å²) in [4.78, 5) is 0. The predicted molar refractivity (Wildman–Crippen MR) is 142 cm³/mol. The van der Waals surface area contributed by atoms with Crippen molar-refractivity contribution in [3.05, 3.63) is 60.7 Å². The Hall–Kier alpha value is -2.03. The van der Waals surface area contributed by atoms with Crippen LogP contribution in [0.5, 0.6) is 11.5 Å². The Morgan fingerprint density at radius 2 is 1.44 bits per heavy atom. The maximum atomic E-state index is 14.4. The van der Waals surface area contributed by atoms with Gasteiger partial charge in [0.25, 0.3) is 0 Å². The van der Waals surface area contributed by atoms with E-state index in [0.29, 0.717) is 24.5 Å². The van der Waals surface area contributed by atoms with Gasteiger partial charge in [-0.05, 0) is 48.6 Å². The van der Waals surface area contributed by atoms with Crippen LogP contribution in [0.1, 0.15) is 40.0 Å². The molecule has 0 saturated carbocycles. The first kappa shape index (κ1) is 28.2. The number of methoxy groups -OCH3 is 1. The van der Waals surface area contributed by atoms with Crippen LogP contribution in [0.4, 0.5) is 0 Å². The Kier molecular flexibility index (Phi) is 10.9. The lowest BCUT2D eigenvalue weighted by Gasteiger charge is -2.32. The third-order valence-corrected chi connectivity index (χ3v) is 12.6. The molecule has 5 nitrogen and oxygen atoms in total.